The number of aromatic nitrogens is 2. The Balaban J connectivity index is 1.98. The van der Waals surface area contributed by atoms with E-state index in [1.807, 2.05) is 0 Å². The maximum Gasteiger partial charge on any atom is 0.111 e. The summed E-state index contributed by atoms with van der Waals surface area (Å²) in [5, 5.41) is 0. The van der Waals surface area contributed by atoms with Gasteiger partial charge in [-0.05, 0) is 38.0 Å². The Morgan fingerprint density at radius 2 is 2.05 bits per heavy atom. The van der Waals surface area contributed by atoms with Crippen molar-refractivity contribution in [3.63, 3.8) is 0 Å². The van der Waals surface area contributed by atoms with Crippen LogP contribution < -0.4 is 5.73 Å². The second-order valence-corrected chi connectivity index (χ2v) is 6.92. The number of hydrogen-bond donors (Lipinski definition) is 1. The Hall–Kier alpha value is -0.870. The van der Waals surface area contributed by atoms with Gasteiger partial charge in [0.05, 0.1) is 11.0 Å². The molecule has 1 aromatic carbocycles. The molecule has 0 aliphatic heterocycles. The molecule has 108 valence electrons. The van der Waals surface area contributed by atoms with Crippen LogP contribution in [0.2, 0.25) is 0 Å². The average Bonchev–Trinajstić information content (AvgIpc) is 2.74. The van der Waals surface area contributed by atoms with Crippen LogP contribution >= 0.6 is 15.9 Å². The molecule has 0 spiro atoms. The molecule has 1 saturated carbocycles. The summed E-state index contributed by atoms with van der Waals surface area (Å²) in [6.45, 7) is 3.13. The Morgan fingerprint density at radius 1 is 1.30 bits per heavy atom. The second-order valence-electron chi connectivity index (χ2n) is 6.01. The lowest BCUT2D eigenvalue weighted by Crippen LogP contribution is -2.44. The summed E-state index contributed by atoms with van der Waals surface area (Å²) < 4.78 is 3.39. The van der Waals surface area contributed by atoms with Crippen molar-refractivity contribution in [1.29, 1.82) is 0 Å². The third kappa shape index (κ3) is 2.63. The molecule has 0 amide bonds. The normalized spacial score (nSPS) is 18.6. The minimum absolute atomic E-state index is 0.0518. The number of fused-ring (bicyclic) bond motifs is 1. The van der Waals surface area contributed by atoms with Gasteiger partial charge in [0.2, 0.25) is 0 Å². The summed E-state index contributed by atoms with van der Waals surface area (Å²) in [5.74, 6) is 1.14. The topological polar surface area (TPSA) is 43.8 Å². The van der Waals surface area contributed by atoms with Crippen molar-refractivity contribution < 1.29 is 0 Å². The Labute approximate surface area is 128 Å². The first-order chi connectivity index (χ1) is 9.61. The minimum atomic E-state index is -0.0518. The van der Waals surface area contributed by atoms with Gasteiger partial charge in [0.1, 0.15) is 5.82 Å². The molecule has 0 unspecified atom stereocenters. The van der Waals surface area contributed by atoms with Crippen LogP contribution in [0.4, 0.5) is 0 Å². The van der Waals surface area contributed by atoms with Crippen LogP contribution in [0.25, 0.3) is 11.0 Å². The van der Waals surface area contributed by atoms with Gasteiger partial charge < -0.3 is 10.3 Å². The average molecular weight is 336 g/mol. The first-order valence-electron chi connectivity index (χ1n) is 7.55. The van der Waals surface area contributed by atoms with Crippen molar-refractivity contribution >= 4 is 27.0 Å². The molecule has 3 nitrogen and oxygen atoms in total. The summed E-state index contributed by atoms with van der Waals surface area (Å²) in [6, 6.07) is 6.32. The van der Waals surface area contributed by atoms with Crippen LogP contribution in [-0.4, -0.2) is 15.1 Å². The van der Waals surface area contributed by atoms with Gasteiger partial charge in [0, 0.05) is 23.0 Å². The summed E-state index contributed by atoms with van der Waals surface area (Å²) in [5.41, 5.74) is 8.83. The molecule has 4 heteroatoms. The highest BCUT2D eigenvalue weighted by Crippen LogP contribution is 2.30. The first kappa shape index (κ1) is 14.1. The second kappa shape index (κ2) is 5.49. The highest BCUT2D eigenvalue weighted by Gasteiger charge is 2.29. The fourth-order valence-electron chi connectivity index (χ4n) is 3.39. The van der Waals surface area contributed by atoms with E-state index < -0.39 is 0 Å². The summed E-state index contributed by atoms with van der Waals surface area (Å²) in [4.78, 5) is 4.84. The molecule has 0 bridgehead atoms. The van der Waals surface area contributed by atoms with Crippen molar-refractivity contribution in [3.05, 3.63) is 28.5 Å². The molecule has 1 aliphatic rings. The highest BCUT2D eigenvalue weighted by molar-refractivity contribution is 9.10. The SMILES string of the molecule is CCn1c(CC2(N)CCCCC2)nc2cc(Br)ccc21. The van der Waals surface area contributed by atoms with Crippen LogP contribution in [0, 0.1) is 0 Å². The van der Waals surface area contributed by atoms with E-state index in [4.69, 9.17) is 10.7 Å². The highest BCUT2D eigenvalue weighted by atomic mass is 79.9. The Bertz CT molecular complexity index is 611. The van der Waals surface area contributed by atoms with Gasteiger partial charge in [-0.25, -0.2) is 4.98 Å². The summed E-state index contributed by atoms with van der Waals surface area (Å²) in [7, 11) is 0. The maximum atomic E-state index is 6.60. The zero-order valence-corrected chi connectivity index (χ0v) is 13.6. The van der Waals surface area contributed by atoms with Crippen molar-refractivity contribution in [1.82, 2.24) is 9.55 Å². The van der Waals surface area contributed by atoms with Gasteiger partial charge in [0.25, 0.3) is 0 Å². The van der Waals surface area contributed by atoms with Gasteiger partial charge >= 0.3 is 0 Å². The van der Waals surface area contributed by atoms with E-state index in [0.29, 0.717) is 0 Å². The van der Waals surface area contributed by atoms with Crippen LogP contribution in [0.15, 0.2) is 22.7 Å². The number of aryl methyl sites for hydroxylation is 1. The molecule has 1 fully saturated rings. The third-order valence-corrected chi connectivity index (χ3v) is 4.96. The van der Waals surface area contributed by atoms with Crippen LogP contribution in [-0.2, 0) is 13.0 Å². The number of imidazole rings is 1. The molecule has 1 aliphatic carbocycles. The third-order valence-electron chi connectivity index (χ3n) is 4.47. The summed E-state index contributed by atoms with van der Waals surface area (Å²) in [6.07, 6.45) is 7.00. The fourth-order valence-corrected chi connectivity index (χ4v) is 3.74. The monoisotopic (exact) mass is 335 g/mol. The lowest BCUT2D eigenvalue weighted by atomic mass is 9.80. The number of hydrogen-bond acceptors (Lipinski definition) is 2. The van der Waals surface area contributed by atoms with Crippen molar-refractivity contribution in [3.8, 4) is 0 Å². The number of benzene rings is 1. The smallest absolute Gasteiger partial charge is 0.111 e. The molecule has 0 radical (unpaired) electrons. The van der Waals surface area contributed by atoms with Crippen molar-refractivity contribution in [2.45, 2.75) is 57.5 Å². The molecule has 20 heavy (non-hydrogen) atoms. The first-order valence-corrected chi connectivity index (χ1v) is 8.34. The van der Waals surface area contributed by atoms with Crippen molar-refractivity contribution in [2.75, 3.05) is 0 Å². The van der Waals surface area contributed by atoms with Crippen LogP contribution in [0.1, 0.15) is 44.9 Å². The van der Waals surface area contributed by atoms with E-state index in [0.717, 1.165) is 41.6 Å². The van der Waals surface area contributed by atoms with Crippen LogP contribution in [0.5, 0.6) is 0 Å². The maximum absolute atomic E-state index is 6.60. The Morgan fingerprint density at radius 3 is 2.75 bits per heavy atom. The fraction of sp³-hybridized carbons (Fsp3) is 0.562. The lowest BCUT2D eigenvalue weighted by molar-refractivity contribution is 0.287. The van der Waals surface area contributed by atoms with E-state index >= 15 is 0 Å². The van der Waals surface area contributed by atoms with Gasteiger partial charge in [0.15, 0.2) is 0 Å². The number of halogens is 1. The van der Waals surface area contributed by atoms with Gasteiger partial charge in [-0.3, -0.25) is 0 Å². The molecular formula is C16H22BrN3. The zero-order chi connectivity index (χ0) is 14.2. The molecule has 0 saturated heterocycles. The van der Waals surface area contributed by atoms with Gasteiger partial charge in [-0.1, -0.05) is 35.2 Å². The lowest BCUT2D eigenvalue weighted by Gasteiger charge is -2.33. The standard InChI is InChI=1S/C16H22BrN3/c1-2-20-14-7-6-12(17)10-13(14)19-15(20)11-16(18)8-4-3-5-9-16/h6-7,10H,2-5,8-9,11,18H2,1H3. The van der Waals surface area contributed by atoms with E-state index in [1.165, 1.54) is 24.8 Å². The summed E-state index contributed by atoms with van der Waals surface area (Å²) >= 11 is 3.52. The zero-order valence-electron chi connectivity index (χ0n) is 12.0. The molecule has 1 heterocycles. The van der Waals surface area contributed by atoms with Gasteiger partial charge in [-0.2, -0.15) is 0 Å². The predicted molar refractivity (Wildman–Crippen MR) is 86.8 cm³/mol. The molecule has 2 aromatic rings. The van der Waals surface area contributed by atoms with E-state index in [9.17, 15) is 0 Å². The van der Waals surface area contributed by atoms with E-state index in [2.05, 4.69) is 45.6 Å². The minimum Gasteiger partial charge on any atom is -0.328 e. The molecule has 0 atom stereocenters. The van der Waals surface area contributed by atoms with Gasteiger partial charge in [-0.15, -0.1) is 0 Å². The predicted octanol–water partition coefficient (Wildman–Crippen LogP) is 4.02. The molecule has 2 N–H and O–H groups in total. The van der Waals surface area contributed by atoms with E-state index in [1.54, 1.807) is 0 Å². The molecule has 1 aromatic heterocycles. The largest absolute Gasteiger partial charge is 0.328 e. The Kier molecular flexibility index (Phi) is 3.87. The molecule has 3 rings (SSSR count). The van der Waals surface area contributed by atoms with Crippen molar-refractivity contribution in [2.24, 2.45) is 5.73 Å². The van der Waals surface area contributed by atoms with E-state index in [-0.39, 0.29) is 5.54 Å². The number of rotatable bonds is 3. The number of nitrogens with two attached hydrogens (primary N) is 1. The van der Waals surface area contributed by atoms with Crippen LogP contribution in [0.3, 0.4) is 0 Å². The molecular weight excluding hydrogens is 314 g/mol. The number of nitrogens with zero attached hydrogens (tertiary/aromatic N) is 2. The quantitative estimate of drug-likeness (QED) is 0.920.